The first-order chi connectivity index (χ1) is 18.7. The van der Waals surface area contributed by atoms with Crippen LogP contribution in [0.1, 0.15) is 33.6 Å². The maximum atomic E-state index is 13.0. The number of hydrogen-bond acceptors (Lipinski definition) is 7. The van der Waals surface area contributed by atoms with Crippen molar-refractivity contribution in [3.63, 3.8) is 0 Å². The number of allylic oxidation sites excluding steroid dienone is 2. The fourth-order valence-corrected chi connectivity index (χ4v) is 6.54. The van der Waals surface area contributed by atoms with Gasteiger partial charge in [-0.1, -0.05) is 35.4 Å². The third kappa shape index (κ3) is 4.66. The van der Waals surface area contributed by atoms with Crippen LogP contribution in [-0.2, 0) is 19.1 Å². The minimum atomic E-state index is -0.671. The van der Waals surface area contributed by atoms with E-state index >= 15 is 0 Å². The van der Waals surface area contributed by atoms with E-state index in [0.29, 0.717) is 16.9 Å². The molecule has 6 unspecified atom stereocenters. The molecule has 6 atom stereocenters. The molecule has 2 saturated carbocycles. The molecule has 39 heavy (non-hydrogen) atoms. The van der Waals surface area contributed by atoms with E-state index in [1.165, 1.54) is 47.4 Å². The molecule has 2 aromatic rings. The molecule has 4 aliphatic carbocycles. The first-order valence-corrected chi connectivity index (χ1v) is 13.5. The Morgan fingerprint density at radius 1 is 0.846 bits per heavy atom. The van der Waals surface area contributed by atoms with Crippen molar-refractivity contribution in [2.75, 3.05) is 13.2 Å². The average molecular weight is 568 g/mol. The largest absolute Gasteiger partial charge is 0.457 e. The van der Waals surface area contributed by atoms with Crippen molar-refractivity contribution in [2.45, 2.75) is 12.8 Å². The SMILES string of the molecule is O=C(CCN1C(=O)C2C3C=CC(C4CC34)C2C1=O)OCC(=O)c1ccc(OC(=O)c2ccc(Cl)c(Cl)c2)cc1. The van der Waals surface area contributed by atoms with Crippen LogP contribution in [0, 0.1) is 35.5 Å². The molecule has 3 fully saturated rings. The van der Waals surface area contributed by atoms with Gasteiger partial charge in [-0.15, -0.1) is 0 Å². The number of halogens is 2. The Morgan fingerprint density at radius 2 is 1.46 bits per heavy atom. The van der Waals surface area contributed by atoms with Crippen molar-refractivity contribution in [2.24, 2.45) is 35.5 Å². The third-order valence-electron chi connectivity index (χ3n) is 8.20. The summed E-state index contributed by atoms with van der Waals surface area (Å²) in [4.78, 5) is 64.3. The number of benzene rings is 2. The fraction of sp³-hybridized carbons (Fsp3) is 0.345. The highest BCUT2D eigenvalue weighted by molar-refractivity contribution is 6.42. The molecule has 0 spiro atoms. The molecule has 8 nitrogen and oxygen atoms in total. The van der Waals surface area contributed by atoms with Crippen LogP contribution in [0.15, 0.2) is 54.6 Å². The molecule has 2 bridgehead atoms. The maximum absolute atomic E-state index is 13.0. The number of Topliss-reactive ketones (excluding diaryl/α,β-unsaturated/α-hetero) is 1. The average Bonchev–Trinajstić information content (AvgIpc) is 3.72. The maximum Gasteiger partial charge on any atom is 0.343 e. The van der Waals surface area contributed by atoms with Crippen LogP contribution in [0.25, 0.3) is 0 Å². The van der Waals surface area contributed by atoms with Gasteiger partial charge in [0, 0.05) is 12.1 Å². The zero-order chi connectivity index (χ0) is 27.4. The monoisotopic (exact) mass is 567 g/mol. The van der Waals surface area contributed by atoms with Gasteiger partial charge in [0.2, 0.25) is 11.8 Å². The molecular weight excluding hydrogens is 545 g/mol. The Kier molecular flexibility index (Phi) is 6.55. The minimum absolute atomic E-state index is 0.0502. The number of ether oxygens (including phenoxy) is 2. The van der Waals surface area contributed by atoms with Gasteiger partial charge < -0.3 is 9.47 Å². The van der Waals surface area contributed by atoms with E-state index in [9.17, 15) is 24.0 Å². The van der Waals surface area contributed by atoms with Gasteiger partial charge in [-0.05, 0) is 72.6 Å². The smallest absolute Gasteiger partial charge is 0.343 e. The van der Waals surface area contributed by atoms with Gasteiger partial charge in [0.25, 0.3) is 0 Å². The number of imide groups is 1. The minimum Gasteiger partial charge on any atom is -0.457 e. The van der Waals surface area contributed by atoms with Crippen LogP contribution >= 0.6 is 23.2 Å². The van der Waals surface area contributed by atoms with E-state index in [2.05, 4.69) is 12.2 Å². The predicted molar refractivity (Wildman–Crippen MR) is 139 cm³/mol. The second kappa shape index (κ2) is 9.92. The van der Waals surface area contributed by atoms with Crippen LogP contribution in [0.2, 0.25) is 10.0 Å². The molecule has 5 aliphatic rings. The summed E-state index contributed by atoms with van der Waals surface area (Å²) in [6.45, 7) is -0.544. The molecule has 1 heterocycles. The molecule has 2 aromatic carbocycles. The quantitative estimate of drug-likeness (QED) is 0.153. The summed E-state index contributed by atoms with van der Waals surface area (Å²) >= 11 is 11.8. The van der Waals surface area contributed by atoms with Gasteiger partial charge in [-0.3, -0.25) is 24.1 Å². The normalized spacial score (nSPS) is 27.7. The number of amides is 2. The van der Waals surface area contributed by atoms with E-state index in [0.717, 1.165) is 6.42 Å². The Bertz CT molecular complexity index is 1400. The molecule has 200 valence electrons. The Hall–Kier alpha value is -3.49. The van der Waals surface area contributed by atoms with Gasteiger partial charge in [0.15, 0.2) is 12.4 Å². The topological polar surface area (TPSA) is 107 Å². The van der Waals surface area contributed by atoms with Gasteiger partial charge in [-0.2, -0.15) is 0 Å². The molecule has 0 radical (unpaired) electrons. The summed E-state index contributed by atoms with van der Waals surface area (Å²) in [5, 5.41) is 0.534. The van der Waals surface area contributed by atoms with Crippen molar-refractivity contribution >= 4 is 52.7 Å². The molecular formula is C29H23Cl2NO7. The second-order valence-corrected chi connectivity index (χ2v) is 11.2. The highest BCUT2D eigenvalue weighted by Gasteiger charge is 2.66. The van der Waals surface area contributed by atoms with Crippen LogP contribution < -0.4 is 4.74 Å². The number of hydrogen-bond donors (Lipinski definition) is 0. The summed E-state index contributed by atoms with van der Waals surface area (Å²) in [5.74, 6) is -1.28. The van der Waals surface area contributed by atoms with Crippen molar-refractivity contribution in [1.82, 2.24) is 4.90 Å². The molecule has 7 rings (SSSR count). The zero-order valence-corrected chi connectivity index (χ0v) is 22.1. The summed E-state index contributed by atoms with van der Waals surface area (Å²) in [5.41, 5.74) is 0.473. The summed E-state index contributed by atoms with van der Waals surface area (Å²) < 4.78 is 10.4. The Labute approximate surface area is 233 Å². The van der Waals surface area contributed by atoms with Crippen LogP contribution in [-0.4, -0.2) is 47.6 Å². The van der Waals surface area contributed by atoms with Gasteiger partial charge >= 0.3 is 11.9 Å². The highest BCUT2D eigenvalue weighted by atomic mass is 35.5. The van der Waals surface area contributed by atoms with Crippen molar-refractivity contribution in [3.8, 4) is 5.75 Å². The number of esters is 2. The lowest BCUT2D eigenvalue weighted by atomic mass is 9.63. The van der Waals surface area contributed by atoms with Gasteiger partial charge in [-0.25, -0.2) is 4.79 Å². The summed E-state index contributed by atoms with van der Waals surface area (Å²) in [7, 11) is 0. The van der Waals surface area contributed by atoms with Crippen LogP contribution in [0.4, 0.5) is 0 Å². The molecule has 10 heteroatoms. The number of nitrogens with zero attached hydrogens (tertiary/aromatic N) is 1. The van der Waals surface area contributed by atoms with E-state index < -0.39 is 24.3 Å². The van der Waals surface area contributed by atoms with E-state index in [-0.39, 0.29) is 70.4 Å². The van der Waals surface area contributed by atoms with E-state index in [4.69, 9.17) is 32.7 Å². The predicted octanol–water partition coefficient (Wildman–Crippen LogP) is 4.38. The zero-order valence-electron chi connectivity index (χ0n) is 20.5. The van der Waals surface area contributed by atoms with Crippen LogP contribution in [0.5, 0.6) is 5.75 Å². The molecule has 0 aromatic heterocycles. The highest BCUT2D eigenvalue weighted by Crippen LogP contribution is 2.65. The van der Waals surface area contributed by atoms with Crippen molar-refractivity contribution in [3.05, 3.63) is 75.8 Å². The first kappa shape index (κ1) is 25.8. The van der Waals surface area contributed by atoms with Crippen molar-refractivity contribution in [1.29, 1.82) is 0 Å². The third-order valence-corrected chi connectivity index (χ3v) is 8.94. The summed E-state index contributed by atoms with van der Waals surface area (Å²) in [6.07, 6.45) is 5.10. The number of likely N-dealkylation sites (tertiary alicyclic amines) is 1. The molecule has 1 aliphatic heterocycles. The summed E-state index contributed by atoms with van der Waals surface area (Å²) in [6, 6.07) is 10.1. The lowest BCUT2D eigenvalue weighted by Crippen LogP contribution is -2.40. The number of ketones is 1. The second-order valence-electron chi connectivity index (χ2n) is 10.4. The van der Waals surface area contributed by atoms with E-state index in [1.807, 2.05) is 0 Å². The number of carbonyl (C=O) groups is 5. The van der Waals surface area contributed by atoms with Gasteiger partial charge in [0.05, 0.1) is 33.9 Å². The molecule has 0 N–H and O–H groups in total. The lowest BCUT2D eigenvalue weighted by Gasteiger charge is -2.37. The Balaban J connectivity index is 0.976. The first-order valence-electron chi connectivity index (χ1n) is 12.7. The molecule has 1 saturated heterocycles. The number of rotatable bonds is 8. The number of carbonyl (C=O) groups excluding carboxylic acids is 5. The fourth-order valence-electron chi connectivity index (χ4n) is 6.24. The Morgan fingerprint density at radius 3 is 2.08 bits per heavy atom. The van der Waals surface area contributed by atoms with E-state index in [1.54, 1.807) is 0 Å². The van der Waals surface area contributed by atoms with Crippen LogP contribution in [0.3, 0.4) is 0 Å². The standard InChI is InChI=1S/C29H23Cl2NO7/c30-21-8-3-15(11-22(21)31)29(37)39-16-4-1-14(2-5-16)23(33)13-38-24(34)9-10-32-27(35)25-17-6-7-18(20-12-19(17)20)26(25)28(32)36/h1-8,11,17-20,25-26H,9-10,12-13H2. The lowest BCUT2D eigenvalue weighted by molar-refractivity contribution is -0.145. The van der Waals surface area contributed by atoms with Crippen molar-refractivity contribution < 1.29 is 33.4 Å². The van der Waals surface area contributed by atoms with Gasteiger partial charge in [0.1, 0.15) is 5.75 Å². The molecule has 2 amide bonds.